The second kappa shape index (κ2) is 6.68. The fourth-order valence-electron chi connectivity index (χ4n) is 1.60. The number of pyridine rings is 1. The van der Waals surface area contributed by atoms with E-state index in [2.05, 4.69) is 10.3 Å². The molecule has 0 unspecified atom stereocenters. The summed E-state index contributed by atoms with van der Waals surface area (Å²) in [6, 6.07) is 9.18. The zero-order chi connectivity index (χ0) is 14.5. The van der Waals surface area contributed by atoms with Crippen LogP contribution in [-0.2, 0) is 6.61 Å². The van der Waals surface area contributed by atoms with Crippen molar-refractivity contribution in [2.24, 2.45) is 0 Å². The van der Waals surface area contributed by atoms with Gasteiger partial charge < -0.3 is 14.8 Å². The summed E-state index contributed by atoms with van der Waals surface area (Å²) in [5, 5.41) is 3.71. The van der Waals surface area contributed by atoms with E-state index in [0.717, 1.165) is 11.3 Å². The molecule has 20 heavy (non-hydrogen) atoms. The quantitative estimate of drug-likeness (QED) is 0.905. The van der Waals surface area contributed by atoms with Crippen molar-refractivity contribution in [2.75, 3.05) is 19.5 Å². The minimum atomic E-state index is 0.344. The molecule has 0 atom stereocenters. The molecule has 0 radical (unpaired) electrons. The number of hydrogen-bond donors (Lipinski definition) is 1. The topological polar surface area (TPSA) is 43.4 Å². The maximum absolute atomic E-state index is 6.05. The van der Waals surface area contributed by atoms with Crippen LogP contribution in [0.3, 0.4) is 0 Å². The third kappa shape index (κ3) is 3.46. The predicted molar refractivity (Wildman–Crippen MR) is 81.1 cm³/mol. The number of nitrogens with one attached hydrogen (secondary N) is 1. The van der Waals surface area contributed by atoms with Gasteiger partial charge >= 0.3 is 0 Å². The van der Waals surface area contributed by atoms with Crippen LogP contribution in [0.4, 0.5) is 5.82 Å². The Hall–Kier alpha value is -1.65. The largest absolute Gasteiger partial charge is 0.497 e. The number of methoxy groups -OCH3 is 1. The molecule has 1 aromatic heterocycles. The summed E-state index contributed by atoms with van der Waals surface area (Å²) in [5.74, 6) is 1.67. The molecule has 2 rings (SSSR count). The lowest BCUT2D eigenvalue weighted by molar-refractivity contribution is 0.294. The van der Waals surface area contributed by atoms with Crippen molar-refractivity contribution < 1.29 is 9.47 Å². The minimum absolute atomic E-state index is 0.344. The SMILES string of the molecule is CNc1nc(OCc2ccc(OC)cc2)c(Cl)cc1Cl. The second-order valence-corrected chi connectivity index (χ2v) is 4.81. The highest BCUT2D eigenvalue weighted by molar-refractivity contribution is 6.36. The predicted octanol–water partition coefficient (Wildman–Crippen LogP) is 4.02. The van der Waals surface area contributed by atoms with Crippen molar-refractivity contribution in [2.45, 2.75) is 6.61 Å². The van der Waals surface area contributed by atoms with E-state index in [1.807, 2.05) is 24.3 Å². The molecule has 1 heterocycles. The fraction of sp³-hybridized carbons (Fsp3) is 0.214. The molecule has 0 aliphatic rings. The normalized spacial score (nSPS) is 10.2. The Labute approximate surface area is 127 Å². The van der Waals surface area contributed by atoms with Gasteiger partial charge in [-0.2, -0.15) is 4.98 Å². The van der Waals surface area contributed by atoms with Crippen LogP contribution >= 0.6 is 23.2 Å². The molecule has 1 N–H and O–H groups in total. The number of aromatic nitrogens is 1. The summed E-state index contributed by atoms with van der Waals surface area (Å²) in [7, 11) is 3.36. The summed E-state index contributed by atoms with van der Waals surface area (Å²) in [5.41, 5.74) is 0.990. The average molecular weight is 313 g/mol. The number of rotatable bonds is 5. The first-order valence-corrected chi connectivity index (χ1v) is 6.69. The van der Waals surface area contributed by atoms with Crippen LogP contribution in [0.15, 0.2) is 30.3 Å². The zero-order valence-corrected chi connectivity index (χ0v) is 12.6. The molecule has 0 amide bonds. The molecule has 2 aromatic rings. The molecule has 1 aromatic carbocycles. The molecule has 0 fully saturated rings. The van der Waals surface area contributed by atoms with Crippen molar-refractivity contribution in [3.63, 3.8) is 0 Å². The molecular weight excluding hydrogens is 299 g/mol. The van der Waals surface area contributed by atoms with Gasteiger partial charge in [-0.15, -0.1) is 0 Å². The maximum Gasteiger partial charge on any atom is 0.234 e. The van der Waals surface area contributed by atoms with E-state index >= 15 is 0 Å². The van der Waals surface area contributed by atoms with Crippen LogP contribution in [0.1, 0.15) is 5.56 Å². The zero-order valence-electron chi connectivity index (χ0n) is 11.1. The van der Waals surface area contributed by atoms with E-state index in [4.69, 9.17) is 32.7 Å². The lowest BCUT2D eigenvalue weighted by Gasteiger charge is -2.10. The molecule has 4 nitrogen and oxygen atoms in total. The van der Waals surface area contributed by atoms with E-state index in [0.29, 0.717) is 28.3 Å². The maximum atomic E-state index is 6.05. The van der Waals surface area contributed by atoms with Gasteiger partial charge in [-0.3, -0.25) is 0 Å². The van der Waals surface area contributed by atoms with Crippen LogP contribution in [0.25, 0.3) is 0 Å². The highest BCUT2D eigenvalue weighted by atomic mass is 35.5. The third-order valence-corrected chi connectivity index (χ3v) is 3.23. The Kier molecular flexibility index (Phi) is 4.93. The summed E-state index contributed by atoms with van der Waals surface area (Å²) < 4.78 is 10.7. The van der Waals surface area contributed by atoms with Crippen LogP contribution in [-0.4, -0.2) is 19.1 Å². The van der Waals surface area contributed by atoms with Crippen molar-refractivity contribution in [3.8, 4) is 11.6 Å². The summed E-state index contributed by atoms with van der Waals surface area (Å²) >= 11 is 12.0. The third-order valence-electron chi connectivity index (χ3n) is 2.67. The van der Waals surface area contributed by atoms with E-state index < -0.39 is 0 Å². The smallest absolute Gasteiger partial charge is 0.234 e. The lowest BCUT2D eigenvalue weighted by atomic mass is 10.2. The first-order chi connectivity index (χ1) is 9.63. The fourth-order valence-corrected chi connectivity index (χ4v) is 2.11. The summed E-state index contributed by atoms with van der Waals surface area (Å²) in [6.45, 7) is 0.363. The Balaban J connectivity index is 2.09. The number of benzene rings is 1. The lowest BCUT2D eigenvalue weighted by Crippen LogP contribution is -2.01. The molecule has 0 saturated heterocycles. The van der Waals surface area contributed by atoms with Crippen LogP contribution in [0, 0.1) is 0 Å². The molecule has 6 heteroatoms. The van der Waals surface area contributed by atoms with Gasteiger partial charge in [0.1, 0.15) is 23.2 Å². The highest BCUT2D eigenvalue weighted by Gasteiger charge is 2.09. The van der Waals surface area contributed by atoms with E-state index in [1.165, 1.54) is 0 Å². The van der Waals surface area contributed by atoms with Crippen molar-refractivity contribution >= 4 is 29.0 Å². The number of halogens is 2. The van der Waals surface area contributed by atoms with Gasteiger partial charge in [-0.1, -0.05) is 35.3 Å². The van der Waals surface area contributed by atoms with Gasteiger partial charge in [-0.25, -0.2) is 0 Å². The first kappa shape index (κ1) is 14.8. The minimum Gasteiger partial charge on any atom is -0.497 e. The van der Waals surface area contributed by atoms with Gasteiger partial charge in [-0.05, 0) is 23.8 Å². The molecule has 0 spiro atoms. The first-order valence-electron chi connectivity index (χ1n) is 5.93. The Morgan fingerprint density at radius 1 is 1.15 bits per heavy atom. The Morgan fingerprint density at radius 2 is 1.85 bits per heavy atom. The van der Waals surface area contributed by atoms with Crippen molar-refractivity contribution in [1.82, 2.24) is 4.98 Å². The Morgan fingerprint density at radius 3 is 2.45 bits per heavy atom. The van der Waals surface area contributed by atoms with Crippen molar-refractivity contribution in [3.05, 3.63) is 45.9 Å². The van der Waals surface area contributed by atoms with Gasteiger partial charge in [0.25, 0.3) is 0 Å². The standard InChI is InChI=1S/C14H14Cl2N2O2/c1-17-13-11(15)7-12(16)14(18-13)20-8-9-3-5-10(19-2)6-4-9/h3-7H,8H2,1-2H3,(H,17,18). The van der Waals surface area contributed by atoms with E-state index in [1.54, 1.807) is 20.2 Å². The van der Waals surface area contributed by atoms with Gasteiger partial charge in [0.05, 0.1) is 12.1 Å². The Bertz CT molecular complexity index is 588. The summed E-state index contributed by atoms with van der Waals surface area (Å²) in [6.07, 6.45) is 0. The number of anilines is 1. The van der Waals surface area contributed by atoms with Crippen LogP contribution in [0.2, 0.25) is 10.0 Å². The molecular formula is C14H14Cl2N2O2. The molecule has 106 valence electrons. The number of nitrogens with zero attached hydrogens (tertiary/aromatic N) is 1. The van der Waals surface area contributed by atoms with E-state index in [-0.39, 0.29) is 0 Å². The van der Waals surface area contributed by atoms with E-state index in [9.17, 15) is 0 Å². The average Bonchev–Trinajstić information content (AvgIpc) is 2.47. The molecule has 0 aliphatic heterocycles. The monoisotopic (exact) mass is 312 g/mol. The van der Waals surface area contributed by atoms with Gasteiger partial charge in [0.15, 0.2) is 0 Å². The highest BCUT2D eigenvalue weighted by Crippen LogP contribution is 2.30. The second-order valence-electron chi connectivity index (χ2n) is 3.99. The number of hydrogen-bond acceptors (Lipinski definition) is 4. The molecule has 0 saturated carbocycles. The number of ether oxygens (including phenoxy) is 2. The molecule has 0 aliphatic carbocycles. The van der Waals surface area contributed by atoms with Crippen LogP contribution < -0.4 is 14.8 Å². The summed E-state index contributed by atoms with van der Waals surface area (Å²) in [4.78, 5) is 4.22. The van der Waals surface area contributed by atoms with Gasteiger partial charge in [0.2, 0.25) is 5.88 Å². The van der Waals surface area contributed by atoms with Crippen LogP contribution in [0.5, 0.6) is 11.6 Å². The van der Waals surface area contributed by atoms with Gasteiger partial charge in [0, 0.05) is 7.05 Å². The molecule has 0 bridgehead atoms. The van der Waals surface area contributed by atoms with Crippen molar-refractivity contribution in [1.29, 1.82) is 0 Å².